The number of anilines is 3. The second-order valence-corrected chi connectivity index (χ2v) is 16.0. The zero-order valence-corrected chi connectivity index (χ0v) is 33.5. The summed E-state index contributed by atoms with van der Waals surface area (Å²) < 4.78 is 0. The summed E-state index contributed by atoms with van der Waals surface area (Å²) in [6.45, 7) is 0. The third-order valence-electron chi connectivity index (χ3n) is 12.6. The molecule has 1 heteroatoms. The summed E-state index contributed by atoms with van der Waals surface area (Å²) >= 11 is 0. The summed E-state index contributed by atoms with van der Waals surface area (Å²) in [6, 6.07) is 86.9. The molecule has 12 aromatic rings. The van der Waals surface area contributed by atoms with E-state index in [1.807, 2.05) is 0 Å². The average Bonchev–Trinajstić information content (AvgIpc) is 3.34. The second-order valence-electron chi connectivity index (χ2n) is 16.0. The van der Waals surface area contributed by atoms with Gasteiger partial charge in [-0.1, -0.05) is 200 Å². The van der Waals surface area contributed by atoms with Crippen molar-refractivity contribution in [3.8, 4) is 33.4 Å². The fraction of sp³-hybridized carbons (Fsp3) is 0. The maximum Gasteiger partial charge on any atom is 0.0624 e. The van der Waals surface area contributed by atoms with Crippen LogP contribution in [0.25, 0.3) is 98.0 Å². The Morgan fingerprint density at radius 3 is 1.34 bits per heavy atom. The van der Waals surface area contributed by atoms with Crippen molar-refractivity contribution in [2.45, 2.75) is 0 Å². The highest BCUT2D eigenvalue weighted by atomic mass is 15.1. The van der Waals surface area contributed by atoms with Crippen LogP contribution < -0.4 is 4.90 Å². The molecule has 0 radical (unpaired) electrons. The number of benzene rings is 12. The van der Waals surface area contributed by atoms with E-state index in [2.05, 4.69) is 241 Å². The molecule has 0 aliphatic carbocycles. The fourth-order valence-corrected chi connectivity index (χ4v) is 9.75. The summed E-state index contributed by atoms with van der Waals surface area (Å²) in [7, 11) is 0. The van der Waals surface area contributed by atoms with Gasteiger partial charge in [-0.25, -0.2) is 0 Å². The van der Waals surface area contributed by atoms with Crippen LogP contribution in [0, 0.1) is 0 Å². The first kappa shape index (κ1) is 35.0. The van der Waals surface area contributed by atoms with Crippen LogP contribution in [0.4, 0.5) is 17.1 Å². The number of fused-ring (bicyclic) bond motifs is 10. The highest BCUT2D eigenvalue weighted by Gasteiger charge is 2.24. The molecular formula is C60H39N. The van der Waals surface area contributed by atoms with Crippen molar-refractivity contribution >= 4 is 81.7 Å². The van der Waals surface area contributed by atoms with Crippen LogP contribution in [-0.2, 0) is 0 Å². The SMILES string of the molecule is c1ccc(-c2cccc(-c3c(N(c4ccc(-c5ccc6c7ccccc7c7ccccc7c6c5)cc4)c4ccc5ccccc5c4)c4ccccc4c4ccccc34)c2)cc1. The number of hydrogen-bond acceptors (Lipinski definition) is 1. The van der Waals surface area contributed by atoms with Crippen molar-refractivity contribution in [2.75, 3.05) is 4.90 Å². The molecule has 12 aromatic carbocycles. The Labute approximate surface area is 355 Å². The predicted molar refractivity (Wildman–Crippen MR) is 262 cm³/mol. The Hall–Kier alpha value is -8.00. The average molecular weight is 774 g/mol. The second kappa shape index (κ2) is 14.4. The minimum absolute atomic E-state index is 1.09. The van der Waals surface area contributed by atoms with Crippen LogP contribution >= 0.6 is 0 Å². The first-order valence-corrected chi connectivity index (χ1v) is 21.1. The van der Waals surface area contributed by atoms with Gasteiger partial charge in [0, 0.05) is 22.3 Å². The van der Waals surface area contributed by atoms with Crippen LogP contribution in [0.3, 0.4) is 0 Å². The largest absolute Gasteiger partial charge is 0.309 e. The molecule has 0 aromatic heterocycles. The third kappa shape index (κ3) is 5.86. The molecule has 1 nitrogen and oxygen atoms in total. The summed E-state index contributed by atoms with van der Waals surface area (Å²) in [4.78, 5) is 2.50. The van der Waals surface area contributed by atoms with Gasteiger partial charge in [-0.15, -0.1) is 0 Å². The lowest BCUT2D eigenvalue weighted by molar-refractivity contribution is 1.31. The van der Waals surface area contributed by atoms with Gasteiger partial charge in [0.05, 0.1) is 5.69 Å². The monoisotopic (exact) mass is 773 g/mol. The van der Waals surface area contributed by atoms with E-state index < -0.39 is 0 Å². The van der Waals surface area contributed by atoms with Gasteiger partial charge in [-0.05, 0) is 123 Å². The van der Waals surface area contributed by atoms with Gasteiger partial charge < -0.3 is 4.90 Å². The number of nitrogens with zero attached hydrogens (tertiary/aromatic N) is 1. The van der Waals surface area contributed by atoms with Gasteiger partial charge in [-0.2, -0.15) is 0 Å². The van der Waals surface area contributed by atoms with Gasteiger partial charge in [-0.3, -0.25) is 0 Å². The van der Waals surface area contributed by atoms with Gasteiger partial charge in [0.2, 0.25) is 0 Å². The van der Waals surface area contributed by atoms with Crippen LogP contribution in [0.15, 0.2) is 237 Å². The molecule has 0 bridgehead atoms. The van der Waals surface area contributed by atoms with Crippen molar-refractivity contribution in [3.05, 3.63) is 237 Å². The lowest BCUT2D eigenvalue weighted by Crippen LogP contribution is -2.12. The molecule has 12 rings (SSSR count). The minimum atomic E-state index is 1.09. The van der Waals surface area contributed by atoms with Crippen LogP contribution in [0.5, 0.6) is 0 Å². The first-order valence-electron chi connectivity index (χ1n) is 21.1. The Morgan fingerprint density at radius 2 is 0.656 bits per heavy atom. The molecule has 0 heterocycles. The van der Waals surface area contributed by atoms with Crippen molar-refractivity contribution < 1.29 is 0 Å². The van der Waals surface area contributed by atoms with Crippen LogP contribution in [0.2, 0.25) is 0 Å². The summed E-state index contributed by atoms with van der Waals surface area (Å²) in [5.74, 6) is 0. The zero-order chi connectivity index (χ0) is 40.3. The highest BCUT2D eigenvalue weighted by Crippen LogP contribution is 2.50. The van der Waals surface area contributed by atoms with Crippen LogP contribution in [0.1, 0.15) is 0 Å². The third-order valence-corrected chi connectivity index (χ3v) is 12.6. The topological polar surface area (TPSA) is 3.24 Å². The Morgan fingerprint density at radius 1 is 0.213 bits per heavy atom. The molecule has 0 spiro atoms. The fourth-order valence-electron chi connectivity index (χ4n) is 9.75. The van der Waals surface area contributed by atoms with E-state index in [1.165, 1.54) is 98.0 Å². The maximum atomic E-state index is 2.50. The van der Waals surface area contributed by atoms with Gasteiger partial charge in [0.15, 0.2) is 0 Å². The van der Waals surface area contributed by atoms with E-state index in [4.69, 9.17) is 0 Å². The van der Waals surface area contributed by atoms with E-state index in [1.54, 1.807) is 0 Å². The van der Waals surface area contributed by atoms with E-state index in [0.29, 0.717) is 0 Å². The Balaban J connectivity index is 1.10. The first-order chi connectivity index (χ1) is 30.3. The lowest BCUT2D eigenvalue weighted by atomic mass is 9.88. The van der Waals surface area contributed by atoms with E-state index in [-0.39, 0.29) is 0 Å². The van der Waals surface area contributed by atoms with E-state index in [9.17, 15) is 0 Å². The normalized spacial score (nSPS) is 11.6. The van der Waals surface area contributed by atoms with E-state index >= 15 is 0 Å². The molecule has 0 unspecified atom stereocenters. The molecule has 61 heavy (non-hydrogen) atoms. The van der Waals surface area contributed by atoms with Crippen molar-refractivity contribution in [1.29, 1.82) is 0 Å². The van der Waals surface area contributed by atoms with Gasteiger partial charge >= 0.3 is 0 Å². The summed E-state index contributed by atoms with van der Waals surface area (Å²) in [5, 5.41) is 15.0. The van der Waals surface area contributed by atoms with Gasteiger partial charge in [0.25, 0.3) is 0 Å². The molecule has 0 fully saturated rings. The quantitative estimate of drug-likeness (QED) is 0.152. The zero-order valence-electron chi connectivity index (χ0n) is 33.5. The predicted octanol–water partition coefficient (Wildman–Crippen LogP) is 17.1. The highest BCUT2D eigenvalue weighted by molar-refractivity contribution is 6.26. The Kier molecular flexibility index (Phi) is 8.25. The smallest absolute Gasteiger partial charge is 0.0624 e. The molecule has 0 N–H and O–H groups in total. The molecule has 0 amide bonds. The van der Waals surface area contributed by atoms with Crippen molar-refractivity contribution in [2.24, 2.45) is 0 Å². The van der Waals surface area contributed by atoms with Crippen LogP contribution in [-0.4, -0.2) is 0 Å². The lowest BCUT2D eigenvalue weighted by Gasteiger charge is -2.31. The molecule has 0 saturated carbocycles. The molecule has 0 aliphatic heterocycles. The van der Waals surface area contributed by atoms with Gasteiger partial charge in [0.1, 0.15) is 0 Å². The number of rotatable bonds is 6. The summed E-state index contributed by atoms with van der Waals surface area (Å²) in [6.07, 6.45) is 0. The minimum Gasteiger partial charge on any atom is -0.309 e. The van der Waals surface area contributed by atoms with Crippen molar-refractivity contribution in [3.63, 3.8) is 0 Å². The molecule has 0 saturated heterocycles. The maximum absolute atomic E-state index is 2.50. The van der Waals surface area contributed by atoms with E-state index in [0.717, 1.165) is 17.1 Å². The molecule has 0 aliphatic rings. The summed E-state index contributed by atoms with van der Waals surface area (Å²) in [5.41, 5.74) is 10.5. The number of hydrogen-bond donors (Lipinski definition) is 0. The van der Waals surface area contributed by atoms with Crippen molar-refractivity contribution in [1.82, 2.24) is 0 Å². The molecule has 0 atom stereocenters. The molecular weight excluding hydrogens is 735 g/mol. The standard InChI is InChI=1S/C60H39N/c1-2-15-40(16-3-1)43-19-14-20-46(37-43)59-56-27-12-10-24-52(56)53-25-11-13-28-57(53)60(59)61(48-35-31-41-17-4-5-18-44(41)38-48)47-33-29-42(30-34-47)45-32-36-55-51-23-7-6-21-49(51)50-22-8-9-26-54(50)58(55)39-45/h1-39H. The molecule has 284 valence electrons. The Bertz CT molecular complexity index is 3600.